The van der Waals surface area contributed by atoms with Gasteiger partial charge in [-0.3, -0.25) is 4.79 Å². The summed E-state index contributed by atoms with van der Waals surface area (Å²) in [4.78, 5) is 10.8. The summed E-state index contributed by atoms with van der Waals surface area (Å²) >= 11 is 0. The Hall–Kier alpha value is -1.77. The summed E-state index contributed by atoms with van der Waals surface area (Å²) in [5.41, 5.74) is 1.36. The van der Waals surface area contributed by atoms with E-state index >= 15 is 0 Å². The van der Waals surface area contributed by atoms with E-state index in [-0.39, 0.29) is 11.7 Å². The molecule has 0 aliphatic carbocycles. The van der Waals surface area contributed by atoms with Gasteiger partial charge in [-0.05, 0) is 17.7 Å². The summed E-state index contributed by atoms with van der Waals surface area (Å²) < 4.78 is 0. The molecule has 3 heteroatoms. The van der Waals surface area contributed by atoms with Crippen LogP contribution in [-0.2, 0) is 4.79 Å². The quantitative estimate of drug-likeness (QED) is 0.725. The standard InChI is InChI=1S/C10H11NO2/c1-3-8-4-5-9(13)6-10(8)11-7(2)12/h3-6,13H,1H2,2H3,(H,11,12). The average Bonchev–Trinajstić information content (AvgIpc) is 2.03. The summed E-state index contributed by atoms with van der Waals surface area (Å²) in [6.07, 6.45) is 1.62. The van der Waals surface area contributed by atoms with Gasteiger partial charge in [0, 0.05) is 13.0 Å². The molecule has 0 aliphatic heterocycles. The molecule has 0 aromatic heterocycles. The Balaban J connectivity index is 3.07. The third-order valence-electron chi connectivity index (χ3n) is 1.57. The van der Waals surface area contributed by atoms with E-state index in [4.69, 9.17) is 5.11 Å². The van der Waals surface area contributed by atoms with Crippen LogP contribution in [0.4, 0.5) is 5.69 Å². The maximum atomic E-state index is 10.8. The van der Waals surface area contributed by atoms with E-state index < -0.39 is 0 Å². The molecule has 1 amide bonds. The summed E-state index contributed by atoms with van der Waals surface area (Å²) in [6.45, 7) is 5.01. The zero-order chi connectivity index (χ0) is 9.84. The number of aromatic hydroxyl groups is 1. The van der Waals surface area contributed by atoms with Gasteiger partial charge in [-0.2, -0.15) is 0 Å². The number of hydrogen-bond donors (Lipinski definition) is 2. The van der Waals surface area contributed by atoms with Gasteiger partial charge in [0.2, 0.25) is 5.91 Å². The van der Waals surface area contributed by atoms with Crippen molar-refractivity contribution in [1.29, 1.82) is 0 Å². The minimum absolute atomic E-state index is 0.120. The first kappa shape index (κ1) is 9.32. The lowest BCUT2D eigenvalue weighted by molar-refractivity contribution is -0.114. The number of phenols is 1. The number of anilines is 1. The topological polar surface area (TPSA) is 49.3 Å². The number of carbonyl (C=O) groups excluding carboxylic acids is 1. The summed E-state index contributed by atoms with van der Waals surface area (Å²) in [5.74, 6) is -0.0527. The second-order valence-electron chi connectivity index (χ2n) is 2.66. The Bertz CT molecular complexity index is 345. The fourth-order valence-corrected chi connectivity index (χ4v) is 1.02. The molecule has 13 heavy (non-hydrogen) atoms. The van der Waals surface area contributed by atoms with Crippen molar-refractivity contribution < 1.29 is 9.90 Å². The Morgan fingerprint density at radius 2 is 2.31 bits per heavy atom. The molecule has 0 radical (unpaired) electrons. The molecule has 0 saturated heterocycles. The monoisotopic (exact) mass is 177 g/mol. The van der Waals surface area contributed by atoms with Crippen molar-refractivity contribution in [1.82, 2.24) is 0 Å². The van der Waals surface area contributed by atoms with Gasteiger partial charge in [-0.1, -0.05) is 12.7 Å². The van der Waals surface area contributed by atoms with Crippen LogP contribution >= 0.6 is 0 Å². The predicted molar refractivity (Wildman–Crippen MR) is 52.5 cm³/mol. The highest BCUT2D eigenvalue weighted by Crippen LogP contribution is 2.22. The molecule has 1 rings (SSSR count). The first-order valence-corrected chi connectivity index (χ1v) is 3.86. The van der Waals surface area contributed by atoms with E-state index in [0.29, 0.717) is 5.69 Å². The van der Waals surface area contributed by atoms with E-state index in [9.17, 15) is 4.79 Å². The second kappa shape index (κ2) is 3.76. The highest BCUT2D eigenvalue weighted by atomic mass is 16.3. The summed E-state index contributed by atoms with van der Waals surface area (Å²) in [6, 6.07) is 4.72. The molecule has 0 fully saturated rings. The van der Waals surface area contributed by atoms with Crippen molar-refractivity contribution in [3.05, 3.63) is 30.3 Å². The molecule has 68 valence electrons. The fraction of sp³-hybridized carbons (Fsp3) is 0.100. The van der Waals surface area contributed by atoms with E-state index in [2.05, 4.69) is 11.9 Å². The lowest BCUT2D eigenvalue weighted by Crippen LogP contribution is -2.06. The van der Waals surface area contributed by atoms with Crippen molar-refractivity contribution in [2.45, 2.75) is 6.92 Å². The zero-order valence-electron chi connectivity index (χ0n) is 7.37. The van der Waals surface area contributed by atoms with Crippen LogP contribution in [0.15, 0.2) is 24.8 Å². The van der Waals surface area contributed by atoms with Gasteiger partial charge < -0.3 is 10.4 Å². The summed E-state index contributed by atoms with van der Waals surface area (Å²) in [5, 5.41) is 11.8. The Kier molecular flexibility index (Phi) is 2.69. The van der Waals surface area contributed by atoms with Crippen molar-refractivity contribution in [2.75, 3.05) is 5.32 Å². The molecule has 0 atom stereocenters. The van der Waals surface area contributed by atoms with Gasteiger partial charge in [0.05, 0.1) is 5.69 Å². The molecule has 0 aliphatic rings. The number of carbonyl (C=O) groups is 1. The molecule has 3 nitrogen and oxygen atoms in total. The third-order valence-corrected chi connectivity index (χ3v) is 1.57. The van der Waals surface area contributed by atoms with Crippen molar-refractivity contribution in [3.63, 3.8) is 0 Å². The highest BCUT2D eigenvalue weighted by Gasteiger charge is 2.01. The van der Waals surface area contributed by atoms with Crippen LogP contribution < -0.4 is 5.32 Å². The van der Waals surface area contributed by atoms with Gasteiger partial charge in [-0.25, -0.2) is 0 Å². The van der Waals surface area contributed by atoms with Crippen molar-refractivity contribution in [2.24, 2.45) is 0 Å². The SMILES string of the molecule is C=Cc1ccc(O)cc1NC(C)=O. The van der Waals surface area contributed by atoms with Crippen molar-refractivity contribution >= 4 is 17.7 Å². The Morgan fingerprint density at radius 1 is 1.62 bits per heavy atom. The Labute approximate surface area is 76.7 Å². The molecular formula is C10H11NO2. The third kappa shape index (κ3) is 2.33. The first-order valence-electron chi connectivity index (χ1n) is 3.86. The molecule has 0 unspecified atom stereocenters. The molecule has 0 saturated carbocycles. The number of amides is 1. The van der Waals surface area contributed by atoms with E-state index in [1.165, 1.54) is 13.0 Å². The fourth-order valence-electron chi connectivity index (χ4n) is 1.02. The number of hydrogen-bond acceptors (Lipinski definition) is 2. The average molecular weight is 177 g/mol. The van der Waals surface area contributed by atoms with Crippen LogP contribution in [0.3, 0.4) is 0 Å². The number of phenolic OH excluding ortho intramolecular Hbond substituents is 1. The molecule has 1 aromatic rings. The lowest BCUT2D eigenvalue weighted by Gasteiger charge is -2.06. The van der Waals surface area contributed by atoms with Crippen LogP contribution in [-0.4, -0.2) is 11.0 Å². The second-order valence-corrected chi connectivity index (χ2v) is 2.66. The molecule has 0 heterocycles. The minimum Gasteiger partial charge on any atom is -0.508 e. The largest absolute Gasteiger partial charge is 0.508 e. The van der Waals surface area contributed by atoms with Crippen LogP contribution in [0, 0.1) is 0 Å². The van der Waals surface area contributed by atoms with Gasteiger partial charge in [-0.15, -0.1) is 0 Å². The van der Waals surface area contributed by atoms with Gasteiger partial charge in [0.1, 0.15) is 5.75 Å². The first-order chi connectivity index (χ1) is 6.13. The van der Waals surface area contributed by atoms with Crippen LogP contribution in [0.25, 0.3) is 6.08 Å². The van der Waals surface area contributed by atoms with Crippen LogP contribution in [0.5, 0.6) is 5.75 Å². The van der Waals surface area contributed by atoms with Gasteiger partial charge in [0.25, 0.3) is 0 Å². The maximum Gasteiger partial charge on any atom is 0.221 e. The normalized spacial score (nSPS) is 9.31. The smallest absolute Gasteiger partial charge is 0.221 e. The predicted octanol–water partition coefficient (Wildman–Crippen LogP) is 1.99. The van der Waals surface area contributed by atoms with Crippen LogP contribution in [0.2, 0.25) is 0 Å². The molecule has 2 N–H and O–H groups in total. The number of nitrogens with one attached hydrogen (secondary N) is 1. The maximum absolute atomic E-state index is 10.8. The minimum atomic E-state index is -0.172. The van der Waals surface area contributed by atoms with E-state index in [1.807, 2.05) is 0 Å². The highest BCUT2D eigenvalue weighted by molar-refractivity contribution is 5.91. The van der Waals surface area contributed by atoms with E-state index in [0.717, 1.165) is 5.56 Å². The molecule has 0 bridgehead atoms. The molecule has 1 aromatic carbocycles. The molecule has 0 spiro atoms. The van der Waals surface area contributed by atoms with Gasteiger partial charge >= 0.3 is 0 Å². The Morgan fingerprint density at radius 3 is 2.85 bits per heavy atom. The van der Waals surface area contributed by atoms with Crippen molar-refractivity contribution in [3.8, 4) is 5.75 Å². The van der Waals surface area contributed by atoms with E-state index in [1.54, 1.807) is 18.2 Å². The van der Waals surface area contributed by atoms with Crippen LogP contribution in [0.1, 0.15) is 12.5 Å². The number of benzene rings is 1. The lowest BCUT2D eigenvalue weighted by atomic mass is 10.1. The van der Waals surface area contributed by atoms with Gasteiger partial charge in [0.15, 0.2) is 0 Å². The summed E-state index contributed by atoms with van der Waals surface area (Å²) in [7, 11) is 0. The zero-order valence-corrected chi connectivity index (χ0v) is 7.37. The number of rotatable bonds is 2. The molecular weight excluding hydrogens is 166 g/mol.